The Hall–Kier alpha value is -2.64. The highest BCUT2D eigenvalue weighted by atomic mass is 19.3. The Balaban J connectivity index is 2.02. The van der Waals surface area contributed by atoms with Crippen LogP contribution in [0, 0.1) is 0 Å². The van der Waals surface area contributed by atoms with E-state index in [1.165, 1.54) is 6.07 Å². The Labute approximate surface area is 138 Å². The van der Waals surface area contributed by atoms with Gasteiger partial charge < -0.3 is 14.8 Å². The minimum atomic E-state index is -2.77. The molecule has 0 bridgehead atoms. The van der Waals surface area contributed by atoms with Crippen molar-refractivity contribution in [2.24, 2.45) is 0 Å². The maximum atomic E-state index is 12.5. The molecule has 8 heteroatoms. The molecule has 0 fully saturated rings. The molecule has 1 amide bonds. The van der Waals surface area contributed by atoms with Gasteiger partial charge in [-0.25, -0.2) is 4.68 Å². The highest BCUT2D eigenvalue weighted by Crippen LogP contribution is 2.28. The predicted octanol–water partition coefficient (Wildman–Crippen LogP) is 3.01. The lowest BCUT2D eigenvalue weighted by atomic mass is 10.2. The molecule has 0 aliphatic carbocycles. The summed E-state index contributed by atoms with van der Waals surface area (Å²) in [6.45, 7) is 2.19. The number of nitrogens with one attached hydrogen (secondary N) is 1. The summed E-state index contributed by atoms with van der Waals surface area (Å²) in [5, 5.41) is 6.15. The Bertz CT molecular complexity index is 689. The molecule has 6 nitrogen and oxygen atoms in total. The molecular formula is C16H19F2N3O3. The van der Waals surface area contributed by atoms with Gasteiger partial charge in [0.05, 0.1) is 13.2 Å². The van der Waals surface area contributed by atoms with E-state index >= 15 is 0 Å². The van der Waals surface area contributed by atoms with Crippen molar-refractivity contribution in [3.63, 3.8) is 0 Å². The molecule has 1 aromatic heterocycles. The van der Waals surface area contributed by atoms with Crippen molar-refractivity contribution in [1.29, 1.82) is 0 Å². The van der Waals surface area contributed by atoms with Gasteiger partial charge in [0, 0.05) is 12.7 Å². The molecule has 0 spiro atoms. The fourth-order valence-electron chi connectivity index (χ4n) is 2.05. The number of amides is 1. The molecule has 0 saturated heterocycles. The van der Waals surface area contributed by atoms with Gasteiger partial charge in [-0.15, -0.1) is 0 Å². The summed E-state index contributed by atoms with van der Waals surface area (Å²) >= 11 is 0. The van der Waals surface area contributed by atoms with Crippen LogP contribution in [-0.4, -0.2) is 28.9 Å². The highest BCUT2D eigenvalue weighted by Gasteiger charge is 2.13. The standard InChI is InChI=1S/C16H19F2N3O3/c1-3-23-13-6-5-11(9-14(13)24-4-2)10-19-15(22)12-7-8-21(20-12)16(17)18/h5-9,16H,3-4,10H2,1-2H3,(H,19,22). The van der Waals surface area contributed by atoms with Gasteiger partial charge in [-0.05, 0) is 37.6 Å². The first kappa shape index (κ1) is 17.7. The third-order valence-electron chi connectivity index (χ3n) is 3.10. The average Bonchev–Trinajstić information content (AvgIpc) is 3.05. The molecule has 1 N–H and O–H groups in total. The largest absolute Gasteiger partial charge is 0.490 e. The van der Waals surface area contributed by atoms with Gasteiger partial charge in [-0.3, -0.25) is 4.79 Å². The van der Waals surface area contributed by atoms with Crippen LogP contribution >= 0.6 is 0 Å². The van der Waals surface area contributed by atoms with E-state index < -0.39 is 12.5 Å². The van der Waals surface area contributed by atoms with E-state index in [4.69, 9.17) is 9.47 Å². The van der Waals surface area contributed by atoms with Crippen LogP contribution in [0.1, 0.15) is 36.4 Å². The second-order valence-electron chi connectivity index (χ2n) is 4.79. The van der Waals surface area contributed by atoms with Crippen molar-refractivity contribution < 1.29 is 23.0 Å². The minimum Gasteiger partial charge on any atom is -0.490 e. The molecular weight excluding hydrogens is 320 g/mol. The number of ether oxygens (including phenoxy) is 2. The van der Waals surface area contributed by atoms with Crippen molar-refractivity contribution in [2.45, 2.75) is 26.9 Å². The number of halogens is 2. The summed E-state index contributed by atoms with van der Waals surface area (Å²) in [7, 11) is 0. The number of nitrogens with zero attached hydrogens (tertiary/aromatic N) is 2. The summed E-state index contributed by atoms with van der Waals surface area (Å²) in [5.41, 5.74) is 0.731. The summed E-state index contributed by atoms with van der Waals surface area (Å²) in [4.78, 5) is 11.9. The summed E-state index contributed by atoms with van der Waals surface area (Å²) in [6.07, 6.45) is 1.06. The smallest absolute Gasteiger partial charge is 0.333 e. The third kappa shape index (κ3) is 4.43. The van der Waals surface area contributed by atoms with Crippen molar-refractivity contribution in [2.75, 3.05) is 13.2 Å². The van der Waals surface area contributed by atoms with E-state index in [1.807, 2.05) is 13.8 Å². The number of alkyl halides is 2. The highest BCUT2D eigenvalue weighted by molar-refractivity contribution is 5.92. The molecule has 24 heavy (non-hydrogen) atoms. The van der Waals surface area contributed by atoms with Crippen LogP contribution < -0.4 is 14.8 Å². The second-order valence-corrected chi connectivity index (χ2v) is 4.79. The molecule has 0 aliphatic heterocycles. The summed E-state index contributed by atoms with van der Waals surface area (Å²) < 4.78 is 36.3. The zero-order valence-electron chi connectivity index (χ0n) is 13.5. The molecule has 2 aromatic rings. The van der Waals surface area contributed by atoms with Crippen molar-refractivity contribution in [3.05, 3.63) is 41.7 Å². The Kier molecular flexibility index (Phi) is 6.11. The zero-order valence-corrected chi connectivity index (χ0v) is 13.5. The number of hydrogen-bond donors (Lipinski definition) is 1. The third-order valence-corrected chi connectivity index (χ3v) is 3.10. The van der Waals surface area contributed by atoms with E-state index in [0.717, 1.165) is 11.8 Å². The van der Waals surface area contributed by atoms with Crippen LogP contribution in [0.5, 0.6) is 11.5 Å². The quantitative estimate of drug-likeness (QED) is 0.803. The van der Waals surface area contributed by atoms with Gasteiger partial charge in [0.2, 0.25) is 0 Å². The van der Waals surface area contributed by atoms with E-state index in [2.05, 4.69) is 10.4 Å². The normalized spacial score (nSPS) is 10.7. The molecule has 1 heterocycles. The molecule has 0 radical (unpaired) electrons. The maximum absolute atomic E-state index is 12.5. The first-order valence-corrected chi connectivity index (χ1v) is 7.55. The van der Waals surface area contributed by atoms with Gasteiger partial charge >= 0.3 is 6.55 Å². The molecule has 0 saturated carbocycles. The molecule has 0 aliphatic rings. The number of benzene rings is 1. The number of aromatic nitrogens is 2. The number of hydrogen-bond acceptors (Lipinski definition) is 4. The Morgan fingerprint density at radius 1 is 1.21 bits per heavy atom. The van der Waals surface area contributed by atoms with Crippen LogP contribution in [0.3, 0.4) is 0 Å². The Morgan fingerprint density at radius 3 is 2.54 bits per heavy atom. The minimum absolute atomic E-state index is 0.0636. The van der Waals surface area contributed by atoms with Gasteiger partial charge in [0.15, 0.2) is 11.5 Å². The SMILES string of the molecule is CCOc1ccc(CNC(=O)c2ccn(C(F)F)n2)cc1OCC. The lowest BCUT2D eigenvalue weighted by Gasteiger charge is -2.12. The van der Waals surface area contributed by atoms with E-state index in [-0.39, 0.29) is 12.2 Å². The van der Waals surface area contributed by atoms with Crippen LogP contribution in [0.15, 0.2) is 30.5 Å². The van der Waals surface area contributed by atoms with Crippen molar-refractivity contribution in [3.8, 4) is 11.5 Å². The fraction of sp³-hybridized carbons (Fsp3) is 0.375. The van der Waals surface area contributed by atoms with Crippen molar-refractivity contribution in [1.82, 2.24) is 15.1 Å². The molecule has 1 aromatic carbocycles. The number of carbonyl (C=O) groups is 1. The van der Waals surface area contributed by atoms with Crippen LogP contribution in [-0.2, 0) is 6.54 Å². The van der Waals surface area contributed by atoms with Crippen LogP contribution in [0.4, 0.5) is 8.78 Å². The maximum Gasteiger partial charge on any atom is 0.333 e. The number of carbonyl (C=O) groups excluding carboxylic acids is 1. The molecule has 130 valence electrons. The summed E-state index contributed by atoms with van der Waals surface area (Å²) in [6, 6.07) is 6.57. The molecule has 0 atom stereocenters. The fourth-order valence-corrected chi connectivity index (χ4v) is 2.05. The molecule has 2 rings (SSSR count). The average molecular weight is 339 g/mol. The van der Waals surface area contributed by atoms with Gasteiger partial charge in [-0.1, -0.05) is 6.07 Å². The first-order chi connectivity index (χ1) is 11.5. The monoisotopic (exact) mass is 339 g/mol. The lowest BCUT2D eigenvalue weighted by molar-refractivity contribution is 0.0560. The second kappa shape index (κ2) is 8.28. The topological polar surface area (TPSA) is 65.4 Å². The van der Waals surface area contributed by atoms with E-state index in [9.17, 15) is 13.6 Å². The Morgan fingerprint density at radius 2 is 1.92 bits per heavy atom. The van der Waals surface area contributed by atoms with Crippen LogP contribution in [0.2, 0.25) is 0 Å². The zero-order chi connectivity index (χ0) is 17.5. The lowest BCUT2D eigenvalue weighted by Crippen LogP contribution is -2.23. The van der Waals surface area contributed by atoms with E-state index in [1.54, 1.807) is 18.2 Å². The molecule has 0 unspecified atom stereocenters. The summed E-state index contributed by atoms with van der Waals surface area (Å²) in [5.74, 6) is 0.694. The number of rotatable bonds is 8. The van der Waals surface area contributed by atoms with Crippen LogP contribution in [0.25, 0.3) is 0 Å². The van der Waals surface area contributed by atoms with Gasteiger partial charge in [0.25, 0.3) is 5.91 Å². The predicted molar refractivity (Wildman–Crippen MR) is 83.4 cm³/mol. The van der Waals surface area contributed by atoms with Gasteiger partial charge in [-0.2, -0.15) is 13.9 Å². The van der Waals surface area contributed by atoms with Gasteiger partial charge in [0.1, 0.15) is 5.69 Å². The van der Waals surface area contributed by atoms with Crippen molar-refractivity contribution >= 4 is 5.91 Å². The van der Waals surface area contributed by atoms with E-state index in [0.29, 0.717) is 29.4 Å². The first-order valence-electron chi connectivity index (χ1n) is 7.55.